The SMILES string of the molecule is CNC(C1=CCCCCC1)c1cc2ccc(F)cc2s1. The van der Waals surface area contributed by atoms with Crippen LogP contribution < -0.4 is 5.32 Å². The number of halogens is 1. The van der Waals surface area contributed by atoms with Crippen molar-refractivity contribution in [3.8, 4) is 0 Å². The predicted octanol–water partition coefficient (Wildman–Crippen LogP) is 5.19. The van der Waals surface area contributed by atoms with Crippen LogP contribution in [0.2, 0.25) is 0 Å². The summed E-state index contributed by atoms with van der Waals surface area (Å²) in [6.07, 6.45) is 8.68. The van der Waals surface area contributed by atoms with Gasteiger partial charge in [0.1, 0.15) is 5.82 Å². The molecule has 3 heteroatoms. The van der Waals surface area contributed by atoms with E-state index in [1.165, 1.54) is 48.6 Å². The standard InChI is InChI=1S/C17H20FNS/c1-19-17(12-6-4-2-3-5-7-12)16-10-13-8-9-14(18)11-15(13)20-16/h6,8-11,17,19H,2-5,7H2,1H3. The van der Waals surface area contributed by atoms with Crippen LogP contribution in [0, 0.1) is 5.82 Å². The maximum atomic E-state index is 13.3. The molecule has 2 aromatic rings. The van der Waals surface area contributed by atoms with Crippen molar-refractivity contribution in [3.05, 3.63) is 46.6 Å². The molecular formula is C17H20FNS. The van der Waals surface area contributed by atoms with Gasteiger partial charge in [-0.05, 0) is 56.3 Å². The first-order valence-corrected chi connectivity index (χ1v) is 8.15. The number of nitrogens with one attached hydrogen (secondary N) is 1. The quantitative estimate of drug-likeness (QED) is 0.767. The van der Waals surface area contributed by atoms with E-state index in [1.807, 2.05) is 13.1 Å². The van der Waals surface area contributed by atoms with Crippen LogP contribution in [0.15, 0.2) is 35.9 Å². The number of likely N-dealkylation sites (N-methyl/N-ethyl adjacent to an activating group) is 1. The summed E-state index contributed by atoms with van der Waals surface area (Å²) in [5, 5.41) is 4.58. The first-order chi connectivity index (χ1) is 9.78. The molecule has 1 nitrogen and oxygen atoms in total. The van der Waals surface area contributed by atoms with Crippen LogP contribution in [0.3, 0.4) is 0 Å². The highest BCUT2D eigenvalue weighted by molar-refractivity contribution is 7.19. The van der Waals surface area contributed by atoms with Gasteiger partial charge in [0.15, 0.2) is 0 Å². The maximum absolute atomic E-state index is 13.3. The largest absolute Gasteiger partial charge is 0.309 e. The summed E-state index contributed by atoms with van der Waals surface area (Å²) in [6, 6.07) is 7.54. The minimum Gasteiger partial charge on any atom is -0.309 e. The monoisotopic (exact) mass is 289 g/mol. The van der Waals surface area contributed by atoms with Crippen molar-refractivity contribution in [2.24, 2.45) is 0 Å². The summed E-state index contributed by atoms with van der Waals surface area (Å²) in [4.78, 5) is 1.29. The van der Waals surface area contributed by atoms with Crippen LogP contribution in [0.1, 0.15) is 43.0 Å². The molecule has 1 aliphatic carbocycles. The number of hydrogen-bond acceptors (Lipinski definition) is 2. The fourth-order valence-electron chi connectivity index (χ4n) is 2.98. The fraction of sp³-hybridized carbons (Fsp3) is 0.412. The maximum Gasteiger partial charge on any atom is 0.124 e. The molecular weight excluding hydrogens is 269 g/mol. The topological polar surface area (TPSA) is 12.0 Å². The van der Waals surface area contributed by atoms with E-state index in [9.17, 15) is 4.39 Å². The third kappa shape index (κ3) is 2.79. The van der Waals surface area contributed by atoms with Gasteiger partial charge < -0.3 is 5.32 Å². The lowest BCUT2D eigenvalue weighted by Crippen LogP contribution is -2.17. The number of thiophene rings is 1. The van der Waals surface area contributed by atoms with Gasteiger partial charge in [-0.1, -0.05) is 24.1 Å². The molecule has 0 aliphatic heterocycles. The molecule has 20 heavy (non-hydrogen) atoms. The van der Waals surface area contributed by atoms with Gasteiger partial charge in [0.05, 0.1) is 6.04 Å². The van der Waals surface area contributed by atoms with Crippen molar-refractivity contribution in [3.63, 3.8) is 0 Å². The number of rotatable bonds is 3. The Morgan fingerprint density at radius 1 is 1.20 bits per heavy atom. The van der Waals surface area contributed by atoms with E-state index in [1.54, 1.807) is 17.4 Å². The van der Waals surface area contributed by atoms with Gasteiger partial charge in [0.2, 0.25) is 0 Å². The van der Waals surface area contributed by atoms with Crippen molar-refractivity contribution in [1.29, 1.82) is 0 Å². The molecule has 0 fully saturated rings. The Bertz CT molecular complexity index is 629. The molecule has 3 rings (SSSR count). The Hall–Kier alpha value is -1.19. The smallest absolute Gasteiger partial charge is 0.124 e. The van der Waals surface area contributed by atoms with Crippen molar-refractivity contribution < 1.29 is 4.39 Å². The van der Waals surface area contributed by atoms with Crippen LogP contribution in [-0.4, -0.2) is 7.05 Å². The van der Waals surface area contributed by atoms with Gasteiger partial charge in [0, 0.05) is 9.58 Å². The normalized spacial score (nSPS) is 17.8. The predicted molar refractivity (Wildman–Crippen MR) is 84.8 cm³/mol. The lowest BCUT2D eigenvalue weighted by Gasteiger charge is -2.18. The van der Waals surface area contributed by atoms with E-state index in [-0.39, 0.29) is 11.9 Å². The highest BCUT2D eigenvalue weighted by atomic mass is 32.1. The summed E-state index contributed by atoms with van der Waals surface area (Å²) in [7, 11) is 2.02. The Balaban J connectivity index is 1.95. The highest BCUT2D eigenvalue weighted by Crippen LogP contribution is 2.36. The summed E-state index contributed by atoms with van der Waals surface area (Å²) in [5.41, 5.74) is 1.50. The molecule has 0 amide bonds. The molecule has 0 saturated carbocycles. The highest BCUT2D eigenvalue weighted by Gasteiger charge is 2.18. The summed E-state index contributed by atoms with van der Waals surface area (Å²) < 4.78 is 14.4. The van der Waals surface area contributed by atoms with Gasteiger partial charge in [-0.2, -0.15) is 0 Å². The number of hydrogen-bond donors (Lipinski definition) is 1. The average Bonchev–Trinajstić information content (AvgIpc) is 2.67. The molecule has 1 aromatic carbocycles. The first kappa shape index (κ1) is 13.8. The van der Waals surface area contributed by atoms with Gasteiger partial charge in [-0.3, -0.25) is 0 Å². The second kappa shape index (κ2) is 6.06. The molecule has 0 spiro atoms. The third-order valence-corrected chi connectivity index (χ3v) is 5.18. The Morgan fingerprint density at radius 2 is 2.10 bits per heavy atom. The van der Waals surface area contributed by atoms with Gasteiger partial charge >= 0.3 is 0 Å². The number of fused-ring (bicyclic) bond motifs is 1. The Kier molecular flexibility index (Phi) is 4.18. The van der Waals surface area contributed by atoms with E-state index in [0.29, 0.717) is 0 Å². The molecule has 1 unspecified atom stereocenters. The van der Waals surface area contributed by atoms with Crippen molar-refractivity contribution in [1.82, 2.24) is 5.32 Å². The van der Waals surface area contributed by atoms with E-state index in [4.69, 9.17) is 0 Å². The lowest BCUT2D eigenvalue weighted by atomic mass is 10.0. The number of allylic oxidation sites excluding steroid dienone is 1. The molecule has 1 atom stereocenters. The molecule has 1 heterocycles. The average molecular weight is 289 g/mol. The van der Waals surface area contributed by atoms with Gasteiger partial charge in [-0.15, -0.1) is 11.3 Å². The van der Waals surface area contributed by atoms with Crippen molar-refractivity contribution in [2.75, 3.05) is 7.05 Å². The Labute approximate surface area is 123 Å². The van der Waals surface area contributed by atoms with Crippen LogP contribution in [0.4, 0.5) is 4.39 Å². The molecule has 0 saturated heterocycles. The second-order valence-electron chi connectivity index (χ2n) is 5.43. The van der Waals surface area contributed by atoms with Crippen molar-refractivity contribution in [2.45, 2.75) is 38.1 Å². The fourth-order valence-corrected chi connectivity index (χ4v) is 4.22. The lowest BCUT2D eigenvalue weighted by molar-refractivity contribution is 0.630. The minimum atomic E-state index is -0.152. The summed E-state index contributed by atoms with van der Waals surface area (Å²) >= 11 is 1.70. The summed E-state index contributed by atoms with van der Waals surface area (Å²) in [5.74, 6) is -0.152. The first-order valence-electron chi connectivity index (χ1n) is 7.33. The molecule has 106 valence electrons. The molecule has 0 radical (unpaired) electrons. The molecule has 0 bridgehead atoms. The van der Waals surface area contributed by atoms with E-state index >= 15 is 0 Å². The minimum absolute atomic E-state index is 0.152. The van der Waals surface area contributed by atoms with Crippen LogP contribution in [0.25, 0.3) is 10.1 Å². The van der Waals surface area contributed by atoms with Crippen LogP contribution in [-0.2, 0) is 0 Å². The summed E-state index contributed by atoms with van der Waals surface area (Å²) in [6.45, 7) is 0. The van der Waals surface area contributed by atoms with Gasteiger partial charge in [-0.25, -0.2) is 4.39 Å². The number of benzene rings is 1. The molecule has 1 aliphatic rings. The third-order valence-electron chi connectivity index (χ3n) is 4.02. The van der Waals surface area contributed by atoms with Crippen molar-refractivity contribution >= 4 is 21.4 Å². The molecule has 1 aromatic heterocycles. The second-order valence-corrected chi connectivity index (χ2v) is 6.55. The van der Waals surface area contributed by atoms with Crippen LogP contribution >= 0.6 is 11.3 Å². The van der Waals surface area contributed by atoms with E-state index in [0.717, 1.165) is 10.1 Å². The van der Waals surface area contributed by atoms with Crippen LogP contribution in [0.5, 0.6) is 0 Å². The Morgan fingerprint density at radius 3 is 2.95 bits per heavy atom. The molecule has 1 N–H and O–H groups in total. The zero-order chi connectivity index (χ0) is 13.9. The zero-order valence-corrected chi connectivity index (χ0v) is 12.6. The zero-order valence-electron chi connectivity index (χ0n) is 11.8. The van der Waals surface area contributed by atoms with Gasteiger partial charge in [0.25, 0.3) is 0 Å². The van der Waals surface area contributed by atoms with E-state index in [2.05, 4.69) is 17.5 Å². The van der Waals surface area contributed by atoms with E-state index < -0.39 is 0 Å².